The van der Waals surface area contributed by atoms with Crippen molar-refractivity contribution in [2.24, 2.45) is 0 Å². The highest BCUT2D eigenvalue weighted by Gasteiger charge is 1.85. The molecule has 0 saturated heterocycles. The van der Waals surface area contributed by atoms with Crippen LogP contribution in [0.2, 0.25) is 0 Å². The van der Waals surface area contributed by atoms with E-state index in [-0.39, 0.29) is 0 Å². The average molecular weight is 206 g/mol. The number of rotatable bonds is 0. The predicted molar refractivity (Wildman–Crippen MR) is 64.9 cm³/mol. The van der Waals surface area contributed by atoms with E-state index in [0.29, 0.717) is 0 Å². The molecule has 0 atom stereocenters. The fourth-order valence-electron chi connectivity index (χ4n) is 1.13. The smallest absolute Gasteiger partial charge is 0.0710 e. The zero-order valence-electron chi connectivity index (χ0n) is 9.47. The van der Waals surface area contributed by atoms with Gasteiger partial charge in [-0.25, -0.2) is 4.89 Å². The Labute approximate surface area is 91.1 Å². The Balaban J connectivity index is 0.000000342. The van der Waals surface area contributed by atoms with Crippen molar-refractivity contribution in [3.8, 4) is 0 Å². The van der Waals surface area contributed by atoms with Crippen LogP contribution >= 0.6 is 0 Å². The zero-order valence-corrected chi connectivity index (χ0v) is 9.47. The molecule has 0 bridgehead atoms. The lowest BCUT2D eigenvalue weighted by molar-refractivity contribution is -0.214. The number of fused-ring (bicyclic) bond motifs is 1. The summed E-state index contributed by atoms with van der Waals surface area (Å²) in [5, 5.41) is 9.69. The number of hydrogen-bond acceptors (Lipinski definition) is 2. The van der Waals surface area contributed by atoms with Gasteiger partial charge in [0.15, 0.2) is 0 Å². The fourth-order valence-corrected chi connectivity index (χ4v) is 1.13. The van der Waals surface area contributed by atoms with Crippen LogP contribution in [0.5, 0.6) is 0 Å². The van der Waals surface area contributed by atoms with E-state index in [1.54, 1.807) is 0 Å². The van der Waals surface area contributed by atoms with Gasteiger partial charge in [-0.1, -0.05) is 62.4 Å². The van der Waals surface area contributed by atoms with Crippen LogP contribution < -0.4 is 0 Å². The first kappa shape index (κ1) is 13.6. The first-order valence-electron chi connectivity index (χ1n) is 5.00. The minimum Gasteiger partial charge on any atom is -0.252 e. The predicted octanol–water partition coefficient (Wildman–Crippen LogP) is 3.97. The topological polar surface area (TPSA) is 29.5 Å². The first-order valence-corrected chi connectivity index (χ1v) is 5.00. The molecule has 0 saturated carbocycles. The average Bonchev–Trinajstić information content (AvgIpc) is 2.33. The van der Waals surface area contributed by atoms with E-state index in [1.165, 1.54) is 17.9 Å². The van der Waals surface area contributed by atoms with Gasteiger partial charge >= 0.3 is 0 Å². The molecule has 0 spiro atoms. The summed E-state index contributed by atoms with van der Waals surface area (Å²) in [6, 6.07) is 16.7. The second-order valence-corrected chi connectivity index (χ2v) is 2.53. The van der Waals surface area contributed by atoms with E-state index in [9.17, 15) is 0 Å². The van der Waals surface area contributed by atoms with Crippen molar-refractivity contribution >= 4 is 10.8 Å². The minimum atomic E-state index is 1.18. The summed E-state index contributed by atoms with van der Waals surface area (Å²) < 4.78 is 0. The number of benzene rings is 2. The molecule has 2 rings (SSSR count). The molecule has 0 aliphatic carbocycles. The standard InChI is InChI=1S/C10H8.C2H6.CH4O2/c1-2-6-10-8-4-3-7-9(10)5-1;1-2;1-3-2/h1-8H;1-2H3;2H,1H3. The molecule has 0 radical (unpaired) electrons. The lowest BCUT2D eigenvalue weighted by Crippen LogP contribution is -1.67. The van der Waals surface area contributed by atoms with Crippen LogP contribution in [0.25, 0.3) is 10.8 Å². The van der Waals surface area contributed by atoms with Gasteiger partial charge in [0.2, 0.25) is 0 Å². The molecule has 2 aromatic carbocycles. The zero-order chi connectivity index (χ0) is 11.5. The van der Waals surface area contributed by atoms with Crippen molar-refractivity contribution in [2.45, 2.75) is 13.8 Å². The molecule has 0 heterocycles. The van der Waals surface area contributed by atoms with E-state index < -0.39 is 0 Å². The Morgan fingerprint density at radius 3 is 1.20 bits per heavy atom. The Hall–Kier alpha value is -1.38. The minimum absolute atomic E-state index is 1.18. The highest BCUT2D eigenvalue weighted by molar-refractivity contribution is 5.81. The highest BCUT2D eigenvalue weighted by Crippen LogP contribution is 2.11. The van der Waals surface area contributed by atoms with Gasteiger partial charge in [-0.05, 0) is 10.8 Å². The fraction of sp³-hybridized carbons (Fsp3) is 0.231. The normalized spacial score (nSPS) is 8.27. The van der Waals surface area contributed by atoms with E-state index in [1.807, 2.05) is 13.8 Å². The van der Waals surface area contributed by atoms with Crippen LogP contribution in [0.1, 0.15) is 13.8 Å². The Morgan fingerprint density at radius 1 is 0.800 bits per heavy atom. The van der Waals surface area contributed by atoms with Crippen molar-refractivity contribution in [3.63, 3.8) is 0 Å². The summed E-state index contributed by atoms with van der Waals surface area (Å²) in [6.45, 7) is 4.00. The molecule has 2 nitrogen and oxygen atoms in total. The maximum absolute atomic E-state index is 7.07. The molecule has 0 fully saturated rings. The SMILES string of the molecule is CC.COO.c1ccc2ccccc2c1. The van der Waals surface area contributed by atoms with Crippen molar-refractivity contribution in [1.82, 2.24) is 0 Å². The largest absolute Gasteiger partial charge is 0.252 e. The van der Waals surface area contributed by atoms with Crippen molar-refractivity contribution in [2.75, 3.05) is 7.11 Å². The van der Waals surface area contributed by atoms with E-state index >= 15 is 0 Å². The molecule has 0 aliphatic rings. The maximum Gasteiger partial charge on any atom is 0.0710 e. The third-order valence-corrected chi connectivity index (χ3v) is 1.66. The van der Waals surface area contributed by atoms with E-state index in [2.05, 4.69) is 53.4 Å². The van der Waals surface area contributed by atoms with Crippen molar-refractivity contribution in [1.29, 1.82) is 0 Å². The van der Waals surface area contributed by atoms with Crippen molar-refractivity contribution < 1.29 is 10.1 Å². The van der Waals surface area contributed by atoms with Crippen LogP contribution in [0.3, 0.4) is 0 Å². The third kappa shape index (κ3) is 5.15. The van der Waals surface area contributed by atoms with Gasteiger partial charge in [0.25, 0.3) is 0 Å². The highest BCUT2D eigenvalue weighted by atomic mass is 17.1. The molecule has 2 heteroatoms. The molecule has 2 aromatic rings. The summed E-state index contributed by atoms with van der Waals surface area (Å²) in [6.07, 6.45) is 0. The summed E-state index contributed by atoms with van der Waals surface area (Å²) in [5.41, 5.74) is 0. The molecule has 1 N–H and O–H groups in total. The maximum atomic E-state index is 7.07. The molecule has 0 aliphatic heterocycles. The Bertz CT molecular complexity index is 293. The summed E-state index contributed by atoms with van der Waals surface area (Å²) in [4.78, 5) is 3.25. The van der Waals surface area contributed by atoms with Gasteiger partial charge in [-0.3, -0.25) is 5.26 Å². The summed E-state index contributed by atoms with van der Waals surface area (Å²) >= 11 is 0. The second-order valence-electron chi connectivity index (χ2n) is 2.53. The van der Waals surface area contributed by atoms with Crippen LogP contribution in [-0.4, -0.2) is 12.4 Å². The quantitative estimate of drug-likeness (QED) is 0.522. The molecular weight excluding hydrogens is 188 g/mol. The van der Waals surface area contributed by atoms with Gasteiger partial charge in [0.1, 0.15) is 0 Å². The van der Waals surface area contributed by atoms with Gasteiger partial charge in [-0.15, -0.1) is 0 Å². The van der Waals surface area contributed by atoms with Crippen molar-refractivity contribution in [3.05, 3.63) is 48.5 Å². The molecule has 0 amide bonds. The van der Waals surface area contributed by atoms with Gasteiger partial charge in [-0.2, -0.15) is 0 Å². The van der Waals surface area contributed by atoms with Gasteiger partial charge in [0.05, 0.1) is 7.11 Å². The van der Waals surface area contributed by atoms with Gasteiger partial charge < -0.3 is 0 Å². The van der Waals surface area contributed by atoms with Crippen LogP contribution in [-0.2, 0) is 4.89 Å². The summed E-state index contributed by atoms with van der Waals surface area (Å²) in [5.74, 6) is 0. The summed E-state index contributed by atoms with van der Waals surface area (Å²) in [7, 11) is 1.18. The first-order chi connectivity index (χ1) is 7.38. The van der Waals surface area contributed by atoms with E-state index in [0.717, 1.165) is 0 Å². The lowest BCUT2D eigenvalue weighted by Gasteiger charge is -1.92. The Morgan fingerprint density at radius 2 is 1.00 bits per heavy atom. The van der Waals surface area contributed by atoms with Crippen LogP contribution in [0.4, 0.5) is 0 Å². The van der Waals surface area contributed by atoms with Crippen LogP contribution in [0, 0.1) is 0 Å². The molecule has 15 heavy (non-hydrogen) atoms. The lowest BCUT2D eigenvalue weighted by atomic mass is 10.1. The molecule has 0 aromatic heterocycles. The Kier molecular flexibility index (Phi) is 8.34. The number of hydrogen-bond donors (Lipinski definition) is 1. The van der Waals surface area contributed by atoms with Crippen LogP contribution in [0.15, 0.2) is 48.5 Å². The van der Waals surface area contributed by atoms with E-state index in [4.69, 9.17) is 5.26 Å². The van der Waals surface area contributed by atoms with Gasteiger partial charge in [0, 0.05) is 0 Å². The molecular formula is C13H18O2. The second kappa shape index (κ2) is 9.19. The third-order valence-electron chi connectivity index (χ3n) is 1.66. The molecule has 0 unspecified atom stereocenters. The monoisotopic (exact) mass is 206 g/mol. The molecule has 82 valence electrons.